The molecule has 1 aromatic carbocycles. The molecule has 1 fully saturated rings. The molecule has 1 aromatic rings. The quantitative estimate of drug-likeness (QED) is 0.613. The Morgan fingerprint density at radius 3 is 2.78 bits per heavy atom. The third kappa shape index (κ3) is 2.98. The number of nitro groups is 1. The van der Waals surface area contributed by atoms with E-state index in [9.17, 15) is 10.1 Å². The van der Waals surface area contributed by atoms with Gasteiger partial charge in [0.2, 0.25) is 0 Å². The Hall–Kier alpha value is -1.17. The number of nitro benzene ring substituents is 1. The first kappa shape index (κ1) is 13.3. The van der Waals surface area contributed by atoms with Crippen LogP contribution < -0.4 is 5.32 Å². The zero-order valence-electron chi connectivity index (χ0n) is 9.86. The van der Waals surface area contributed by atoms with Crippen LogP contribution in [-0.2, 0) is 6.54 Å². The molecule has 0 saturated heterocycles. The molecule has 0 amide bonds. The lowest BCUT2D eigenvalue weighted by atomic mass is 10.1. The molecule has 0 radical (unpaired) electrons. The minimum Gasteiger partial charge on any atom is -0.396 e. The Morgan fingerprint density at radius 1 is 1.50 bits per heavy atom. The lowest BCUT2D eigenvalue weighted by molar-refractivity contribution is -0.384. The Balaban J connectivity index is 1.96. The van der Waals surface area contributed by atoms with Gasteiger partial charge in [-0.25, -0.2) is 0 Å². The maximum atomic E-state index is 10.7. The number of benzene rings is 1. The van der Waals surface area contributed by atoms with E-state index in [1.54, 1.807) is 0 Å². The lowest BCUT2D eigenvalue weighted by Crippen LogP contribution is -2.26. The summed E-state index contributed by atoms with van der Waals surface area (Å²) >= 11 is 5.99. The van der Waals surface area contributed by atoms with E-state index in [0.29, 0.717) is 23.7 Å². The molecular formula is C12H15ClN2O3. The van der Waals surface area contributed by atoms with Crippen LogP contribution in [0.5, 0.6) is 0 Å². The second kappa shape index (κ2) is 5.22. The molecule has 0 spiro atoms. The van der Waals surface area contributed by atoms with Gasteiger partial charge < -0.3 is 10.4 Å². The zero-order chi connectivity index (χ0) is 13.2. The van der Waals surface area contributed by atoms with E-state index in [0.717, 1.165) is 12.8 Å². The van der Waals surface area contributed by atoms with Crippen molar-refractivity contribution in [3.63, 3.8) is 0 Å². The molecule has 18 heavy (non-hydrogen) atoms. The van der Waals surface area contributed by atoms with Crippen LogP contribution >= 0.6 is 11.6 Å². The van der Waals surface area contributed by atoms with Crippen molar-refractivity contribution in [3.8, 4) is 0 Å². The van der Waals surface area contributed by atoms with Gasteiger partial charge in [0, 0.05) is 42.3 Å². The van der Waals surface area contributed by atoms with Gasteiger partial charge in [-0.1, -0.05) is 11.6 Å². The molecule has 0 aromatic heterocycles. The monoisotopic (exact) mass is 270 g/mol. The van der Waals surface area contributed by atoms with Crippen LogP contribution in [0.1, 0.15) is 18.4 Å². The van der Waals surface area contributed by atoms with Crippen molar-refractivity contribution in [1.29, 1.82) is 0 Å². The average molecular weight is 271 g/mol. The van der Waals surface area contributed by atoms with E-state index in [1.807, 2.05) is 0 Å². The largest absolute Gasteiger partial charge is 0.396 e. The summed E-state index contributed by atoms with van der Waals surface area (Å²) in [7, 11) is 0. The van der Waals surface area contributed by atoms with Crippen molar-refractivity contribution in [1.82, 2.24) is 5.32 Å². The number of aliphatic hydroxyl groups is 1. The predicted octanol–water partition coefficient (Wildman–Crippen LogP) is 2.11. The summed E-state index contributed by atoms with van der Waals surface area (Å²) in [6, 6.07) is 4.41. The van der Waals surface area contributed by atoms with Crippen molar-refractivity contribution in [2.75, 3.05) is 13.2 Å². The van der Waals surface area contributed by atoms with E-state index < -0.39 is 4.92 Å². The summed E-state index contributed by atoms with van der Waals surface area (Å²) in [5, 5.41) is 23.5. The van der Waals surface area contributed by atoms with Crippen molar-refractivity contribution < 1.29 is 10.0 Å². The normalized spacial score (nSPS) is 16.6. The van der Waals surface area contributed by atoms with Gasteiger partial charge in [-0.2, -0.15) is 0 Å². The van der Waals surface area contributed by atoms with E-state index in [1.165, 1.54) is 18.2 Å². The summed E-state index contributed by atoms with van der Waals surface area (Å²) in [5.74, 6) is 0. The summed E-state index contributed by atoms with van der Waals surface area (Å²) in [6.07, 6.45) is 2.05. The fourth-order valence-electron chi connectivity index (χ4n) is 1.84. The number of hydrogen-bond donors (Lipinski definition) is 2. The Morgan fingerprint density at radius 2 is 2.22 bits per heavy atom. The number of halogens is 1. The third-order valence-electron chi connectivity index (χ3n) is 3.35. The maximum absolute atomic E-state index is 10.7. The third-order valence-corrected chi connectivity index (χ3v) is 3.72. The number of nitrogens with one attached hydrogen (secondary N) is 1. The highest BCUT2D eigenvalue weighted by molar-refractivity contribution is 6.31. The molecule has 1 aliphatic carbocycles. The van der Waals surface area contributed by atoms with Gasteiger partial charge in [-0.15, -0.1) is 0 Å². The number of nitrogens with zero attached hydrogens (tertiary/aromatic N) is 1. The number of hydrogen-bond acceptors (Lipinski definition) is 4. The van der Waals surface area contributed by atoms with Gasteiger partial charge in [0.1, 0.15) is 0 Å². The van der Waals surface area contributed by atoms with Gasteiger partial charge in [-0.3, -0.25) is 10.1 Å². The minimum atomic E-state index is -0.435. The highest BCUT2D eigenvalue weighted by atomic mass is 35.5. The molecule has 0 atom stereocenters. The summed E-state index contributed by atoms with van der Waals surface area (Å²) < 4.78 is 0. The lowest BCUT2D eigenvalue weighted by Gasteiger charge is -2.13. The van der Waals surface area contributed by atoms with Crippen LogP contribution in [0.4, 0.5) is 5.69 Å². The molecule has 0 aliphatic heterocycles. The molecular weight excluding hydrogens is 256 g/mol. The minimum absolute atomic E-state index is 0.0210. The molecule has 0 heterocycles. The van der Waals surface area contributed by atoms with E-state index in [-0.39, 0.29) is 17.7 Å². The van der Waals surface area contributed by atoms with Gasteiger partial charge in [-0.05, 0) is 24.5 Å². The van der Waals surface area contributed by atoms with Gasteiger partial charge in [0.05, 0.1) is 4.92 Å². The number of aliphatic hydroxyl groups excluding tert-OH is 1. The average Bonchev–Trinajstić information content (AvgIpc) is 3.12. The van der Waals surface area contributed by atoms with Crippen LogP contribution in [0, 0.1) is 15.5 Å². The Labute approximate surface area is 110 Å². The first-order valence-electron chi connectivity index (χ1n) is 5.81. The SMILES string of the molecule is O=[N+]([O-])c1ccc(Cl)c(CNCC2(CO)CC2)c1. The van der Waals surface area contributed by atoms with E-state index in [2.05, 4.69) is 5.32 Å². The number of non-ortho nitro benzene ring substituents is 1. The van der Waals surface area contributed by atoms with Crippen molar-refractivity contribution in [2.45, 2.75) is 19.4 Å². The smallest absolute Gasteiger partial charge is 0.269 e. The van der Waals surface area contributed by atoms with Crippen LogP contribution in [0.25, 0.3) is 0 Å². The fraction of sp³-hybridized carbons (Fsp3) is 0.500. The standard InChI is InChI=1S/C12H15ClN2O3/c13-11-2-1-10(15(17)18)5-9(11)6-14-7-12(8-16)3-4-12/h1-2,5,14,16H,3-4,6-8H2. The molecule has 98 valence electrons. The summed E-state index contributed by atoms with van der Waals surface area (Å²) in [6.45, 7) is 1.37. The predicted molar refractivity (Wildman–Crippen MR) is 68.6 cm³/mol. The second-order valence-corrected chi connectivity index (χ2v) is 5.20. The molecule has 0 unspecified atom stereocenters. The van der Waals surface area contributed by atoms with Gasteiger partial charge in [0.25, 0.3) is 5.69 Å². The highest BCUT2D eigenvalue weighted by Crippen LogP contribution is 2.44. The van der Waals surface area contributed by atoms with Crippen LogP contribution in [-0.4, -0.2) is 23.2 Å². The Kier molecular flexibility index (Phi) is 3.85. The molecule has 0 bridgehead atoms. The molecule has 2 rings (SSSR count). The first-order valence-corrected chi connectivity index (χ1v) is 6.18. The summed E-state index contributed by atoms with van der Waals surface area (Å²) in [4.78, 5) is 10.2. The highest BCUT2D eigenvalue weighted by Gasteiger charge is 2.41. The number of rotatable bonds is 6. The summed E-state index contributed by atoms with van der Waals surface area (Å²) in [5.41, 5.74) is 0.770. The zero-order valence-corrected chi connectivity index (χ0v) is 10.6. The van der Waals surface area contributed by atoms with Crippen molar-refractivity contribution in [3.05, 3.63) is 38.9 Å². The molecule has 1 aliphatic rings. The van der Waals surface area contributed by atoms with Crippen LogP contribution in [0.2, 0.25) is 5.02 Å². The van der Waals surface area contributed by atoms with E-state index in [4.69, 9.17) is 16.7 Å². The van der Waals surface area contributed by atoms with Crippen molar-refractivity contribution in [2.24, 2.45) is 5.41 Å². The van der Waals surface area contributed by atoms with Gasteiger partial charge in [0.15, 0.2) is 0 Å². The van der Waals surface area contributed by atoms with Crippen LogP contribution in [0.3, 0.4) is 0 Å². The first-order chi connectivity index (χ1) is 8.56. The fourth-order valence-corrected chi connectivity index (χ4v) is 2.02. The van der Waals surface area contributed by atoms with Crippen molar-refractivity contribution >= 4 is 17.3 Å². The van der Waals surface area contributed by atoms with E-state index >= 15 is 0 Å². The maximum Gasteiger partial charge on any atom is 0.269 e. The second-order valence-electron chi connectivity index (χ2n) is 4.79. The molecule has 2 N–H and O–H groups in total. The Bertz CT molecular complexity index is 461. The topological polar surface area (TPSA) is 75.4 Å². The van der Waals surface area contributed by atoms with Crippen LogP contribution in [0.15, 0.2) is 18.2 Å². The van der Waals surface area contributed by atoms with Gasteiger partial charge >= 0.3 is 0 Å². The molecule has 5 nitrogen and oxygen atoms in total. The molecule has 1 saturated carbocycles. The molecule has 6 heteroatoms.